The number of allylic oxidation sites excluding steroid dienone is 9. The Balaban J connectivity index is 3.37. The molecule has 6 heteroatoms. The molecule has 3 N–H and O–H groups in total. The first-order chi connectivity index (χ1) is 39.0. The number of carbonyl (C=O) groups excluding carboxylic acids is 2. The summed E-state index contributed by atoms with van der Waals surface area (Å²) in [6, 6.07) is -0.625. The van der Waals surface area contributed by atoms with Crippen LogP contribution in [0.5, 0.6) is 0 Å². The highest BCUT2D eigenvalue weighted by molar-refractivity contribution is 5.76. The van der Waals surface area contributed by atoms with Crippen LogP contribution in [-0.2, 0) is 14.3 Å². The van der Waals surface area contributed by atoms with Crippen molar-refractivity contribution in [3.63, 3.8) is 0 Å². The van der Waals surface area contributed by atoms with E-state index in [1.807, 2.05) is 6.08 Å². The van der Waals surface area contributed by atoms with E-state index in [2.05, 4.69) is 67.8 Å². The van der Waals surface area contributed by atoms with E-state index in [1.165, 1.54) is 283 Å². The highest BCUT2D eigenvalue weighted by Gasteiger charge is 2.18. The minimum absolute atomic E-state index is 0.00990. The maximum absolute atomic E-state index is 12.4. The average molecular weight is 1110 g/mol. The number of amides is 1. The molecular weight excluding hydrogens is 971 g/mol. The molecule has 0 rings (SSSR count). The summed E-state index contributed by atoms with van der Waals surface area (Å²) >= 11 is 0. The lowest BCUT2D eigenvalue weighted by atomic mass is 10.0. The van der Waals surface area contributed by atoms with Gasteiger partial charge in [-0.15, -0.1) is 0 Å². The predicted octanol–water partition coefficient (Wildman–Crippen LogP) is 22.6. The van der Waals surface area contributed by atoms with Crippen LogP contribution in [0.2, 0.25) is 0 Å². The van der Waals surface area contributed by atoms with E-state index in [1.54, 1.807) is 6.08 Å². The molecule has 0 aromatic carbocycles. The van der Waals surface area contributed by atoms with Gasteiger partial charge in [0, 0.05) is 12.8 Å². The maximum Gasteiger partial charge on any atom is 0.305 e. The van der Waals surface area contributed by atoms with Crippen LogP contribution in [0.4, 0.5) is 0 Å². The second-order valence-electron chi connectivity index (χ2n) is 23.9. The first-order valence-electron chi connectivity index (χ1n) is 35.1. The largest absolute Gasteiger partial charge is 0.466 e. The Morgan fingerprint density at radius 1 is 0.354 bits per heavy atom. The van der Waals surface area contributed by atoms with Gasteiger partial charge >= 0.3 is 5.97 Å². The van der Waals surface area contributed by atoms with Crippen molar-refractivity contribution in [1.82, 2.24) is 5.32 Å². The first-order valence-corrected chi connectivity index (χ1v) is 35.1. The molecule has 0 saturated carbocycles. The number of aliphatic hydroxyl groups is 2. The van der Waals surface area contributed by atoms with Crippen LogP contribution in [0.3, 0.4) is 0 Å². The van der Waals surface area contributed by atoms with E-state index >= 15 is 0 Å². The van der Waals surface area contributed by atoms with Crippen molar-refractivity contribution in [3.8, 4) is 0 Å². The SMILES string of the molecule is CCCCC/C=C\C/C=C\CCCCCCCCCCCC(=O)OCCCCCCCCCCC/C=C\C/C=C\CCCCCCCCCCCCCCCCCCCC(=O)NC(CO)C(O)/C=C/CCCCCCCCCC. The molecule has 1 amide bonds. The molecule has 0 aromatic rings. The van der Waals surface area contributed by atoms with Gasteiger partial charge in [-0.1, -0.05) is 319 Å². The van der Waals surface area contributed by atoms with E-state index in [-0.39, 0.29) is 18.5 Å². The van der Waals surface area contributed by atoms with Crippen molar-refractivity contribution in [1.29, 1.82) is 0 Å². The Kier molecular flexibility index (Phi) is 66.0. The molecule has 0 aliphatic carbocycles. The van der Waals surface area contributed by atoms with Crippen molar-refractivity contribution < 1.29 is 24.5 Å². The number of carbonyl (C=O) groups is 2. The molecule has 0 radical (unpaired) electrons. The number of ether oxygens (including phenoxy) is 1. The number of hydrogen-bond donors (Lipinski definition) is 3. The lowest BCUT2D eigenvalue weighted by molar-refractivity contribution is -0.143. The third-order valence-electron chi connectivity index (χ3n) is 16.0. The lowest BCUT2D eigenvalue weighted by Crippen LogP contribution is -2.45. The molecule has 0 aliphatic heterocycles. The maximum atomic E-state index is 12.4. The molecule has 79 heavy (non-hydrogen) atoms. The summed E-state index contributed by atoms with van der Waals surface area (Å²) in [5, 5.41) is 23.0. The number of hydrogen-bond acceptors (Lipinski definition) is 5. The van der Waals surface area contributed by atoms with Crippen LogP contribution in [0.1, 0.15) is 367 Å². The van der Waals surface area contributed by atoms with Gasteiger partial charge in [0.2, 0.25) is 5.91 Å². The number of unbranched alkanes of at least 4 members (excludes halogenated alkanes) is 46. The molecule has 0 aromatic heterocycles. The van der Waals surface area contributed by atoms with Crippen LogP contribution in [-0.4, -0.2) is 47.4 Å². The Morgan fingerprint density at radius 3 is 0.987 bits per heavy atom. The smallest absolute Gasteiger partial charge is 0.305 e. The van der Waals surface area contributed by atoms with Gasteiger partial charge in [0.15, 0.2) is 0 Å². The molecule has 2 atom stereocenters. The summed E-state index contributed by atoms with van der Waals surface area (Å²) in [6.45, 7) is 4.87. The Hall–Kier alpha value is -2.44. The zero-order valence-electron chi connectivity index (χ0n) is 52.9. The van der Waals surface area contributed by atoms with Crippen molar-refractivity contribution in [2.45, 2.75) is 379 Å². The van der Waals surface area contributed by atoms with E-state index in [0.717, 1.165) is 57.8 Å². The fourth-order valence-corrected chi connectivity index (χ4v) is 10.6. The van der Waals surface area contributed by atoms with E-state index < -0.39 is 12.1 Å². The molecule has 0 spiro atoms. The molecule has 0 fully saturated rings. The van der Waals surface area contributed by atoms with E-state index in [4.69, 9.17) is 4.74 Å². The highest BCUT2D eigenvalue weighted by Crippen LogP contribution is 2.18. The lowest BCUT2D eigenvalue weighted by Gasteiger charge is -2.20. The zero-order chi connectivity index (χ0) is 57.1. The van der Waals surface area contributed by atoms with Crippen molar-refractivity contribution >= 4 is 11.9 Å². The fourth-order valence-electron chi connectivity index (χ4n) is 10.6. The second kappa shape index (κ2) is 68.1. The van der Waals surface area contributed by atoms with Gasteiger partial charge in [0.25, 0.3) is 0 Å². The van der Waals surface area contributed by atoms with E-state index in [0.29, 0.717) is 19.4 Å². The molecule has 0 bridgehead atoms. The summed E-state index contributed by atoms with van der Waals surface area (Å²) in [5.41, 5.74) is 0. The normalized spacial score (nSPS) is 12.9. The molecular formula is C73H135NO5. The fraction of sp³-hybridized carbons (Fsp3) is 0.836. The molecule has 0 aliphatic rings. The summed E-state index contributed by atoms with van der Waals surface area (Å²) in [5.74, 6) is -0.0577. The third-order valence-corrected chi connectivity index (χ3v) is 16.0. The number of rotatable bonds is 65. The minimum atomic E-state index is -0.842. The predicted molar refractivity (Wildman–Crippen MR) is 347 cm³/mol. The molecule has 2 unspecified atom stereocenters. The Labute approximate surface area is 492 Å². The standard InChI is InChI=1S/C73H135NO5/c1-3-5-7-9-11-13-15-16-17-18-34-38-41-44-47-51-55-59-63-67-73(78)79-68-64-60-56-52-48-45-42-39-36-33-31-29-27-25-23-21-19-20-22-24-26-28-30-32-35-37-40-43-46-50-54-58-62-66-72(77)74-70(69-75)71(76)65-61-57-53-49-14-12-10-8-6-4-2/h11,13,16-17,23,25,29,31,61,65,70-71,75-76H,3-10,12,14-15,18-22,24,26-28,30,32-60,62-64,66-69H2,1-2H3,(H,74,77)/b13-11-,17-16-,25-23-,31-29-,65-61+. The van der Waals surface area contributed by atoms with Crippen LogP contribution < -0.4 is 5.32 Å². The number of esters is 1. The quantitative estimate of drug-likeness (QED) is 0.0320. The summed E-state index contributed by atoms with van der Waals surface area (Å²) < 4.78 is 5.50. The van der Waals surface area contributed by atoms with Gasteiger partial charge in [-0.2, -0.15) is 0 Å². The van der Waals surface area contributed by atoms with Gasteiger partial charge in [0.05, 0.1) is 25.4 Å². The van der Waals surface area contributed by atoms with Gasteiger partial charge in [-0.05, 0) is 96.3 Å². The van der Waals surface area contributed by atoms with Gasteiger partial charge in [-0.25, -0.2) is 0 Å². The first kappa shape index (κ1) is 76.6. The monoisotopic (exact) mass is 1110 g/mol. The van der Waals surface area contributed by atoms with Crippen LogP contribution >= 0.6 is 0 Å². The van der Waals surface area contributed by atoms with Gasteiger partial charge < -0.3 is 20.3 Å². The minimum Gasteiger partial charge on any atom is -0.466 e. The summed E-state index contributed by atoms with van der Waals surface area (Å²) in [7, 11) is 0. The topological polar surface area (TPSA) is 95.9 Å². The van der Waals surface area contributed by atoms with Crippen molar-refractivity contribution in [2.75, 3.05) is 13.2 Å². The van der Waals surface area contributed by atoms with Crippen LogP contribution in [0, 0.1) is 0 Å². The van der Waals surface area contributed by atoms with Crippen molar-refractivity contribution in [3.05, 3.63) is 60.8 Å². The molecule has 6 nitrogen and oxygen atoms in total. The number of aliphatic hydroxyl groups excluding tert-OH is 2. The van der Waals surface area contributed by atoms with Gasteiger partial charge in [0.1, 0.15) is 0 Å². The Bertz CT molecular complexity index is 1370. The summed E-state index contributed by atoms with van der Waals surface area (Å²) in [6.07, 6.45) is 90.3. The zero-order valence-corrected chi connectivity index (χ0v) is 52.9. The highest BCUT2D eigenvalue weighted by atomic mass is 16.5. The summed E-state index contributed by atoms with van der Waals surface area (Å²) in [4.78, 5) is 24.5. The average Bonchev–Trinajstić information content (AvgIpc) is 3.45. The molecule has 0 saturated heterocycles. The Morgan fingerprint density at radius 2 is 0.633 bits per heavy atom. The molecule has 462 valence electrons. The number of nitrogens with one attached hydrogen (secondary N) is 1. The van der Waals surface area contributed by atoms with Crippen molar-refractivity contribution in [2.24, 2.45) is 0 Å². The molecule has 0 heterocycles. The third kappa shape index (κ3) is 64.6. The van der Waals surface area contributed by atoms with E-state index in [9.17, 15) is 19.8 Å². The van der Waals surface area contributed by atoms with Crippen LogP contribution in [0.15, 0.2) is 60.8 Å². The second-order valence-corrected chi connectivity index (χ2v) is 23.9. The van der Waals surface area contributed by atoms with Gasteiger partial charge in [-0.3, -0.25) is 9.59 Å². The van der Waals surface area contributed by atoms with Crippen LogP contribution in [0.25, 0.3) is 0 Å².